The molecule has 0 aromatic heterocycles. The molecule has 138 valence electrons. The molecule has 1 unspecified atom stereocenters. The standard InChI is InChI=1S/C20H24N2O4/c1-3-16(22(2)20(26)15-7-5-4-6-8-15)19(25)21-12-11-14-9-10-17(23)18(24)13-14/h4-10,13,16,23-24H,3,11-12H2,1-2H3,(H,21,25). The van der Waals surface area contributed by atoms with Crippen molar-refractivity contribution in [2.24, 2.45) is 0 Å². The van der Waals surface area contributed by atoms with Crippen molar-refractivity contribution in [2.75, 3.05) is 13.6 Å². The minimum Gasteiger partial charge on any atom is -0.504 e. The van der Waals surface area contributed by atoms with Crippen LogP contribution >= 0.6 is 0 Å². The lowest BCUT2D eigenvalue weighted by Gasteiger charge is -2.26. The van der Waals surface area contributed by atoms with E-state index in [9.17, 15) is 19.8 Å². The number of hydrogen-bond donors (Lipinski definition) is 3. The van der Waals surface area contributed by atoms with E-state index in [0.29, 0.717) is 24.9 Å². The van der Waals surface area contributed by atoms with Gasteiger partial charge < -0.3 is 20.4 Å². The maximum Gasteiger partial charge on any atom is 0.254 e. The number of phenolic OH excluding ortho intramolecular Hbond substituents is 2. The Balaban J connectivity index is 1.93. The van der Waals surface area contributed by atoms with Crippen molar-refractivity contribution in [3.05, 3.63) is 59.7 Å². The van der Waals surface area contributed by atoms with Crippen LogP contribution in [0.1, 0.15) is 29.3 Å². The first kappa shape index (κ1) is 19.3. The number of carbonyl (C=O) groups excluding carboxylic acids is 2. The van der Waals surface area contributed by atoms with Crippen molar-refractivity contribution in [1.29, 1.82) is 0 Å². The summed E-state index contributed by atoms with van der Waals surface area (Å²) in [5, 5.41) is 21.6. The number of carbonyl (C=O) groups is 2. The first-order chi connectivity index (χ1) is 12.4. The molecular weight excluding hydrogens is 332 g/mol. The second-order valence-electron chi connectivity index (χ2n) is 6.07. The fourth-order valence-electron chi connectivity index (χ4n) is 2.73. The SMILES string of the molecule is CCC(C(=O)NCCc1ccc(O)c(O)c1)N(C)C(=O)c1ccccc1. The zero-order valence-corrected chi connectivity index (χ0v) is 15.0. The zero-order valence-electron chi connectivity index (χ0n) is 15.0. The summed E-state index contributed by atoms with van der Waals surface area (Å²) in [5.74, 6) is -0.781. The second kappa shape index (κ2) is 8.89. The highest BCUT2D eigenvalue weighted by molar-refractivity contribution is 5.97. The number of aromatic hydroxyl groups is 2. The van der Waals surface area contributed by atoms with Gasteiger partial charge in [0.05, 0.1) is 0 Å². The normalized spacial score (nSPS) is 11.6. The van der Waals surface area contributed by atoms with Gasteiger partial charge in [0, 0.05) is 19.2 Å². The van der Waals surface area contributed by atoms with E-state index in [-0.39, 0.29) is 23.3 Å². The Bertz CT molecular complexity index is 762. The molecule has 3 N–H and O–H groups in total. The molecule has 0 spiro atoms. The molecule has 6 heteroatoms. The van der Waals surface area contributed by atoms with Crippen molar-refractivity contribution in [3.8, 4) is 11.5 Å². The van der Waals surface area contributed by atoms with E-state index in [1.807, 2.05) is 13.0 Å². The van der Waals surface area contributed by atoms with Crippen LogP contribution in [0, 0.1) is 0 Å². The van der Waals surface area contributed by atoms with Gasteiger partial charge in [0.2, 0.25) is 5.91 Å². The fraction of sp³-hybridized carbons (Fsp3) is 0.300. The summed E-state index contributed by atoms with van der Waals surface area (Å²) in [6.45, 7) is 2.23. The van der Waals surface area contributed by atoms with Gasteiger partial charge >= 0.3 is 0 Å². The average molecular weight is 356 g/mol. The van der Waals surface area contributed by atoms with Gasteiger partial charge in [-0.05, 0) is 42.7 Å². The third kappa shape index (κ3) is 4.75. The minimum absolute atomic E-state index is 0.176. The lowest BCUT2D eigenvalue weighted by Crippen LogP contribution is -2.47. The average Bonchev–Trinajstić information content (AvgIpc) is 2.65. The molecule has 0 aliphatic heterocycles. The first-order valence-corrected chi connectivity index (χ1v) is 8.54. The van der Waals surface area contributed by atoms with Crippen LogP contribution in [0.15, 0.2) is 48.5 Å². The number of likely N-dealkylation sites (N-methyl/N-ethyl adjacent to an activating group) is 1. The molecule has 0 aliphatic rings. The number of phenols is 2. The van der Waals surface area contributed by atoms with E-state index in [0.717, 1.165) is 5.56 Å². The van der Waals surface area contributed by atoms with E-state index < -0.39 is 6.04 Å². The lowest BCUT2D eigenvalue weighted by molar-refractivity contribution is -0.125. The van der Waals surface area contributed by atoms with E-state index in [4.69, 9.17) is 0 Å². The summed E-state index contributed by atoms with van der Waals surface area (Å²) in [7, 11) is 1.63. The van der Waals surface area contributed by atoms with Crippen molar-refractivity contribution < 1.29 is 19.8 Å². The summed E-state index contributed by atoms with van der Waals surface area (Å²) in [6, 6.07) is 12.9. The number of hydrogen-bond acceptors (Lipinski definition) is 4. The zero-order chi connectivity index (χ0) is 19.1. The van der Waals surface area contributed by atoms with Gasteiger partial charge in [-0.2, -0.15) is 0 Å². The molecule has 2 aromatic rings. The van der Waals surface area contributed by atoms with Crippen molar-refractivity contribution in [2.45, 2.75) is 25.8 Å². The summed E-state index contributed by atoms with van der Waals surface area (Å²) in [4.78, 5) is 26.4. The maximum atomic E-state index is 12.5. The number of nitrogens with zero attached hydrogens (tertiary/aromatic N) is 1. The molecule has 0 saturated heterocycles. The van der Waals surface area contributed by atoms with Gasteiger partial charge in [-0.1, -0.05) is 31.2 Å². The molecule has 0 heterocycles. The van der Waals surface area contributed by atoms with Gasteiger partial charge in [-0.25, -0.2) is 0 Å². The molecule has 26 heavy (non-hydrogen) atoms. The Morgan fingerprint density at radius 1 is 1.08 bits per heavy atom. The highest BCUT2D eigenvalue weighted by atomic mass is 16.3. The van der Waals surface area contributed by atoms with Crippen molar-refractivity contribution in [3.63, 3.8) is 0 Å². The van der Waals surface area contributed by atoms with Gasteiger partial charge in [0.1, 0.15) is 6.04 Å². The summed E-state index contributed by atoms with van der Waals surface area (Å²) in [5.41, 5.74) is 1.34. The van der Waals surface area contributed by atoms with Gasteiger partial charge in [-0.15, -0.1) is 0 Å². The van der Waals surface area contributed by atoms with E-state index in [2.05, 4.69) is 5.32 Å². The first-order valence-electron chi connectivity index (χ1n) is 8.54. The second-order valence-corrected chi connectivity index (χ2v) is 6.07. The number of nitrogens with one attached hydrogen (secondary N) is 1. The Morgan fingerprint density at radius 3 is 2.38 bits per heavy atom. The Labute approximate surface area is 153 Å². The third-order valence-corrected chi connectivity index (χ3v) is 4.25. The number of rotatable bonds is 7. The largest absolute Gasteiger partial charge is 0.504 e. The lowest BCUT2D eigenvalue weighted by atomic mass is 10.1. The van der Waals surface area contributed by atoms with Crippen LogP contribution in [0.4, 0.5) is 0 Å². The Kier molecular flexibility index (Phi) is 6.60. The summed E-state index contributed by atoms with van der Waals surface area (Å²) < 4.78 is 0. The smallest absolute Gasteiger partial charge is 0.254 e. The molecule has 1 atom stereocenters. The predicted molar refractivity (Wildman–Crippen MR) is 99.1 cm³/mol. The van der Waals surface area contributed by atoms with Crippen LogP contribution in [0.5, 0.6) is 11.5 Å². The molecule has 0 bridgehead atoms. The minimum atomic E-state index is -0.559. The van der Waals surface area contributed by atoms with Crippen molar-refractivity contribution in [1.82, 2.24) is 10.2 Å². The van der Waals surface area contributed by atoms with Gasteiger partial charge in [-0.3, -0.25) is 9.59 Å². The highest BCUT2D eigenvalue weighted by Crippen LogP contribution is 2.24. The van der Waals surface area contributed by atoms with E-state index >= 15 is 0 Å². The van der Waals surface area contributed by atoms with Crippen LogP contribution in [0.2, 0.25) is 0 Å². The maximum absolute atomic E-state index is 12.5. The molecule has 0 saturated carbocycles. The van der Waals surface area contributed by atoms with Crippen LogP contribution in [-0.4, -0.2) is 46.6 Å². The predicted octanol–water partition coefficient (Wildman–Crippen LogP) is 2.31. The number of benzene rings is 2. The molecule has 0 fully saturated rings. The summed E-state index contributed by atoms with van der Waals surface area (Å²) >= 11 is 0. The van der Waals surface area contributed by atoms with E-state index in [1.165, 1.54) is 17.0 Å². The Hall–Kier alpha value is -3.02. The fourth-order valence-corrected chi connectivity index (χ4v) is 2.73. The topological polar surface area (TPSA) is 89.9 Å². The molecule has 6 nitrogen and oxygen atoms in total. The third-order valence-electron chi connectivity index (χ3n) is 4.25. The Morgan fingerprint density at radius 2 is 1.77 bits per heavy atom. The van der Waals surface area contributed by atoms with Crippen LogP contribution in [0.3, 0.4) is 0 Å². The van der Waals surface area contributed by atoms with Gasteiger partial charge in [0.25, 0.3) is 5.91 Å². The van der Waals surface area contributed by atoms with Crippen LogP contribution in [0.25, 0.3) is 0 Å². The van der Waals surface area contributed by atoms with Crippen LogP contribution in [-0.2, 0) is 11.2 Å². The summed E-state index contributed by atoms with van der Waals surface area (Å²) in [6.07, 6.45) is 1.01. The van der Waals surface area contributed by atoms with E-state index in [1.54, 1.807) is 37.4 Å². The van der Waals surface area contributed by atoms with Crippen LogP contribution < -0.4 is 5.32 Å². The quantitative estimate of drug-likeness (QED) is 0.664. The molecule has 0 aliphatic carbocycles. The number of amides is 2. The molecule has 0 radical (unpaired) electrons. The molecule has 2 amide bonds. The molecular formula is C20H24N2O4. The highest BCUT2D eigenvalue weighted by Gasteiger charge is 2.25. The molecule has 2 aromatic carbocycles. The molecule has 2 rings (SSSR count). The van der Waals surface area contributed by atoms with Gasteiger partial charge in [0.15, 0.2) is 11.5 Å². The monoisotopic (exact) mass is 356 g/mol. The van der Waals surface area contributed by atoms with Crippen molar-refractivity contribution >= 4 is 11.8 Å².